The topological polar surface area (TPSA) is 24.9 Å². The Balaban J connectivity index is 1.73. The number of hydrogen-bond acceptors (Lipinski definition) is 4. The summed E-state index contributed by atoms with van der Waals surface area (Å²) in [7, 11) is 0. The Morgan fingerprint density at radius 2 is 1.00 bits per heavy atom. The van der Waals surface area contributed by atoms with E-state index in [9.17, 15) is 0 Å². The molecule has 0 radical (unpaired) electrons. The molecule has 0 aromatic carbocycles. The second-order valence-corrected chi connectivity index (χ2v) is 3.59. The van der Waals surface area contributed by atoms with Gasteiger partial charge in [0, 0.05) is 38.6 Å². The Morgan fingerprint density at radius 1 is 0.643 bits per heavy atom. The molecule has 0 aromatic heterocycles. The highest BCUT2D eigenvalue weighted by molar-refractivity contribution is 4.85. The third kappa shape index (κ3) is 2.89. The lowest BCUT2D eigenvalue weighted by molar-refractivity contribution is 0.0513. The molecule has 0 spiro atoms. The van der Waals surface area contributed by atoms with Crippen molar-refractivity contribution in [2.24, 2.45) is 0 Å². The Hall–Kier alpha value is -0.740. The molecule has 0 saturated carbocycles. The minimum atomic E-state index is 0.855. The highest BCUT2D eigenvalue weighted by Crippen LogP contribution is 2.01. The van der Waals surface area contributed by atoms with Gasteiger partial charge in [-0.25, -0.2) is 0 Å². The normalized spacial score (nSPS) is 24.6. The molecule has 80 valence electrons. The van der Waals surface area contributed by atoms with Crippen molar-refractivity contribution in [2.75, 3.05) is 52.6 Å². The van der Waals surface area contributed by atoms with Crippen LogP contribution in [0.1, 0.15) is 0 Å². The summed E-state index contributed by atoms with van der Waals surface area (Å²) >= 11 is 0. The first-order valence-corrected chi connectivity index (χ1v) is 5.27. The third-order valence-corrected chi connectivity index (χ3v) is 2.58. The first-order valence-electron chi connectivity index (χ1n) is 5.27. The van der Waals surface area contributed by atoms with Crippen LogP contribution in [-0.2, 0) is 9.47 Å². The maximum absolute atomic E-state index is 5.28. The zero-order valence-corrected chi connectivity index (χ0v) is 8.52. The molecule has 0 aliphatic carbocycles. The molecule has 0 N–H and O–H groups in total. The van der Waals surface area contributed by atoms with Gasteiger partial charge in [0.1, 0.15) is 0 Å². The summed E-state index contributed by atoms with van der Waals surface area (Å²) in [6.07, 6.45) is 4.35. The number of morpholine rings is 2. The molecule has 14 heavy (non-hydrogen) atoms. The first-order chi connectivity index (χ1) is 6.95. The van der Waals surface area contributed by atoms with Crippen LogP contribution in [0.4, 0.5) is 0 Å². The van der Waals surface area contributed by atoms with Gasteiger partial charge in [-0.15, -0.1) is 0 Å². The van der Waals surface area contributed by atoms with E-state index in [4.69, 9.17) is 9.47 Å². The average molecular weight is 198 g/mol. The molecule has 0 unspecified atom stereocenters. The SMILES string of the molecule is C(=C\N1CCOCC1)/N1CCOCC1. The quantitative estimate of drug-likeness (QED) is 0.629. The monoisotopic (exact) mass is 198 g/mol. The van der Waals surface area contributed by atoms with Crippen molar-refractivity contribution in [1.82, 2.24) is 9.80 Å². The third-order valence-electron chi connectivity index (χ3n) is 2.58. The summed E-state index contributed by atoms with van der Waals surface area (Å²) in [4.78, 5) is 4.61. The maximum Gasteiger partial charge on any atom is 0.0642 e. The first kappa shape index (κ1) is 9.80. The summed E-state index contributed by atoms with van der Waals surface area (Å²) in [6.45, 7) is 7.48. The van der Waals surface area contributed by atoms with Crippen molar-refractivity contribution in [3.8, 4) is 0 Å². The maximum atomic E-state index is 5.28. The highest BCUT2D eigenvalue weighted by atomic mass is 16.5. The van der Waals surface area contributed by atoms with Gasteiger partial charge in [0.2, 0.25) is 0 Å². The van der Waals surface area contributed by atoms with Gasteiger partial charge in [-0.3, -0.25) is 0 Å². The Kier molecular flexibility index (Phi) is 3.65. The van der Waals surface area contributed by atoms with E-state index in [0.717, 1.165) is 52.6 Å². The molecule has 2 aliphatic rings. The zero-order chi connectivity index (χ0) is 9.64. The van der Waals surface area contributed by atoms with Crippen molar-refractivity contribution in [3.63, 3.8) is 0 Å². The Bertz CT molecular complexity index is 165. The van der Waals surface area contributed by atoms with E-state index in [0.29, 0.717) is 0 Å². The Morgan fingerprint density at radius 3 is 1.36 bits per heavy atom. The summed E-state index contributed by atoms with van der Waals surface area (Å²) in [5.41, 5.74) is 0. The molecular weight excluding hydrogens is 180 g/mol. The number of rotatable bonds is 2. The second kappa shape index (κ2) is 5.22. The molecule has 4 nitrogen and oxygen atoms in total. The van der Waals surface area contributed by atoms with E-state index < -0.39 is 0 Å². The molecule has 0 aromatic rings. The van der Waals surface area contributed by atoms with Gasteiger partial charge in [0.25, 0.3) is 0 Å². The molecule has 2 heterocycles. The van der Waals surface area contributed by atoms with Crippen molar-refractivity contribution in [3.05, 3.63) is 12.4 Å². The van der Waals surface area contributed by atoms with Crippen LogP contribution >= 0.6 is 0 Å². The molecular formula is C10H18N2O2. The van der Waals surface area contributed by atoms with Gasteiger partial charge in [0.05, 0.1) is 26.4 Å². The van der Waals surface area contributed by atoms with Gasteiger partial charge >= 0.3 is 0 Å². The number of ether oxygens (including phenoxy) is 2. The summed E-state index contributed by atoms with van der Waals surface area (Å²) in [6, 6.07) is 0. The average Bonchev–Trinajstić information content (AvgIpc) is 2.29. The highest BCUT2D eigenvalue weighted by Gasteiger charge is 2.08. The second-order valence-electron chi connectivity index (χ2n) is 3.59. The molecule has 4 heteroatoms. The molecule has 0 atom stereocenters. The van der Waals surface area contributed by atoms with Crippen LogP contribution in [0.15, 0.2) is 12.4 Å². The van der Waals surface area contributed by atoms with Crippen LogP contribution in [0.5, 0.6) is 0 Å². The van der Waals surface area contributed by atoms with E-state index in [1.807, 2.05) is 0 Å². The van der Waals surface area contributed by atoms with Crippen LogP contribution in [0, 0.1) is 0 Å². The van der Waals surface area contributed by atoms with Crippen LogP contribution in [0.25, 0.3) is 0 Å². The summed E-state index contributed by atoms with van der Waals surface area (Å²) in [5, 5.41) is 0. The molecule has 2 rings (SSSR count). The van der Waals surface area contributed by atoms with E-state index >= 15 is 0 Å². The predicted molar refractivity (Wildman–Crippen MR) is 53.9 cm³/mol. The van der Waals surface area contributed by atoms with Crippen molar-refractivity contribution >= 4 is 0 Å². The lowest BCUT2D eigenvalue weighted by atomic mass is 10.4. The fourth-order valence-corrected chi connectivity index (χ4v) is 1.64. The van der Waals surface area contributed by atoms with Crippen molar-refractivity contribution in [2.45, 2.75) is 0 Å². The molecule has 0 amide bonds. The van der Waals surface area contributed by atoms with Gasteiger partial charge in [-0.05, 0) is 0 Å². The van der Waals surface area contributed by atoms with Gasteiger partial charge in [-0.2, -0.15) is 0 Å². The Labute approximate surface area is 85.1 Å². The zero-order valence-electron chi connectivity index (χ0n) is 8.52. The van der Waals surface area contributed by atoms with Crippen molar-refractivity contribution in [1.29, 1.82) is 0 Å². The standard InChI is InChI=1S/C10H18N2O2/c1(11-3-7-13-8-4-11)2-12-5-9-14-10-6-12/h1-2H,3-10H2/b2-1+. The van der Waals surface area contributed by atoms with Crippen LogP contribution < -0.4 is 0 Å². The summed E-state index contributed by atoms with van der Waals surface area (Å²) < 4.78 is 10.6. The van der Waals surface area contributed by atoms with E-state index in [2.05, 4.69) is 22.2 Å². The van der Waals surface area contributed by atoms with Crippen LogP contribution in [0.3, 0.4) is 0 Å². The number of nitrogens with zero attached hydrogens (tertiary/aromatic N) is 2. The lowest BCUT2D eigenvalue weighted by Gasteiger charge is -2.28. The smallest absolute Gasteiger partial charge is 0.0642 e. The molecule has 2 fully saturated rings. The summed E-state index contributed by atoms with van der Waals surface area (Å²) in [5.74, 6) is 0. The molecule has 0 bridgehead atoms. The van der Waals surface area contributed by atoms with Gasteiger partial charge in [-0.1, -0.05) is 0 Å². The molecule has 2 saturated heterocycles. The van der Waals surface area contributed by atoms with Crippen LogP contribution in [-0.4, -0.2) is 62.4 Å². The minimum Gasteiger partial charge on any atom is -0.378 e. The van der Waals surface area contributed by atoms with Gasteiger partial charge < -0.3 is 19.3 Å². The number of hydrogen-bond donors (Lipinski definition) is 0. The van der Waals surface area contributed by atoms with Crippen LogP contribution in [0.2, 0.25) is 0 Å². The largest absolute Gasteiger partial charge is 0.378 e. The lowest BCUT2D eigenvalue weighted by Crippen LogP contribution is -2.35. The van der Waals surface area contributed by atoms with E-state index in [1.165, 1.54) is 0 Å². The minimum absolute atomic E-state index is 0.855. The fourth-order valence-electron chi connectivity index (χ4n) is 1.64. The predicted octanol–water partition coefficient (Wildman–Crippen LogP) is 0.122. The molecule has 2 aliphatic heterocycles. The fraction of sp³-hybridized carbons (Fsp3) is 0.800. The van der Waals surface area contributed by atoms with E-state index in [1.54, 1.807) is 0 Å². The van der Waals surface area contributed by atoms with Gasteiger partial charge in [0.15, 0.2) is 0 Å². The van der Waals surface area contributed by atoms with Crippen molar-refractivity contribution < 1.29 is 9.47 Å². The van der Waals surface area contributed by atoms with E-state index in [-0.39, 0.29) is 0 Å².